The molecule has 1 aliphatic heterocycles. The molecule has 1 unspecified atom stereocenters. The number of rotatable bonds is 1. The molecule has 4 rings (SSSR count). The molecule has 5 heteroatoms. The zero-order chi connectivity index (χ0) is 13.4. The van der Waals surface area contributed by atoms with Crippen molar-refractivity contribution < 1.29 is 4.39 Å². The van der Waals surface area contributed by atoms with Gasteiger partial charge in [0.2, 0.25) is 0 Å². The van der Waals surface area contributed by atoms with Gasteiger partial charge in [-0.1, -0.05) is 11.6 Å². The van der Waals surface area contributed by atoms with Gasteiger partial charge < -0.3 is 9.13 Å². The first-order chi connectivity index (χ1) is 9.03. The van der Waals surface area contributed by atoms with Crippen LogP contribution in [0.25, 0.3) is 0 Å². The van der Waals surface area contributed by atoms with Crippen molar-refractivity contribution in [1.82, 2.24) is 9.13 Å². The monoisotopic (exact) mass is 294 g/mol. The first-order valence-corrected chi connectivity index (χ1v) is 7.03. The Hall–Kier alpha value is -1.13. The van der Waals surface area contributed by atoms with E-state index >= 15 is 0 Å². The van der Waals surface area contributed by atoms with Gasteiger partial charge in [-0.05, 0) is 42.4 Å². The van der Waals surface area contributed by atoms with E-state index < -0.39 is 0 Å². The molecular formula is C14H12ClFN2S. The number of fused-ring (bicyclic) bond motifs is 3. The Morgan fingerprint density at radius 3 is 3.00 bits per heavy atom. The number of imidazole rings is 1. The fraction of sp³-hybridized carbons (Fsp3) is 0.357. The molecule has 2 atom stereocenters. The highest BCUT2D eigenvalue weighted by molar-refractivity contribution is 7.71. The van der Waals surface area contributed by atoms with Crippen molar-refractivity contribution in [3.8, 4) is 0 Å². The quantitative estimate of drug-likeness (QED) is 0.728. The van der Waals surface area contributed by atoms with Crippen LogP contribution in [-0.2, 0) is 19.0 Å². The zero-order valence-corrected chi connectivity index (χ0v) is 11.9. The first-order valence-electron chi connectivity index (χ1n) is 6.24. The highest BCUT2D eigenvalue weighted by atomic mass is 35.5. The number of halogens is 2. The average molecular weight is 295 g/mol. The summed E-state index contributed by atoms with van der Waals surface area (Å²) in [5, 5.41) is 0.595. The van der Waals surface area contributed by atoms with Crippen LogP contribution in [0.1, 0.15) is 23.6 Å². The molecular weight excluding hydrogens is 283 g/mol. The van der Waals surface area contributed by atoms with Crippen LogP contribution in [-0.4, -0.2) is 9.13 Å². The van der Waals surface area contributed by atoms with Crippen LogP contribution in [0.2, 0.25) is 5.02 Å². The summed E-state index contributed by atoms with van der Waals surface area (Å²) in [5.74, 6) is 0.219. The molecule has 1 saturated carbocycles. The van der Waals surface area contributed by atoms with Crippen molar-refractivity contribution in [3.63, 3.8) is 0 Å². The Bertz CT molecular complexity index is 763. The average Bonchev–Trinajstić information content (AvgIpc) is 2.93. The molecule has 2 nitrogen and oxygen atoms in total. The lowest BCUT2D eigenvalue weighted by molar-refractivity contribution is 0.527. The van der Waals surface area contributed by atoms with Gasteiger partial charge in [0.1, 0.15) is 5.82 Å². The summed E-state index contributed by atoms with van der Waals surface area (Å²) in [5.41, 5.74) is 1.85. The molecule has 0 N–H and O–H groups in total. The summed E-state index contributed by atoms with van der Waals surface area (Å²) in [6.07, 6.45) is 3.06. The minimum Gasteiger partial charge on any atom is -0.327 e. The van der Waals surface area contributed by atoms with E-state index in [1.54, 1.807) is 12.1 Å². The first kappa shape index (κ1) is 11.7. The molecule has 1 aromatic carbocycles. The fourth-order valence-electron chi connectivity index (χ4n) is 3.47. The van der Waals surface area contributed by atoms with E-state index in [1.165, 1.54) is 11.8 Å². The van der Waals surface area contributed by atoms with Crippen molar-refractivity contribution in [2.75, 3.05) is 0 Å². The maximum atomic E-state index is 14.1. The van der Waals surface area contributed by atoms with E-state index in [-0.39, 0.29) is 11.2 Å². The van der Waals surface area contributed by atoms with Crippen LogP contribution in [0.15, 0.2) is 24.4 Å². The van der Waals surface area contributed by atoms with Crippen molar-refractivity contribution in [2.45, 2.75) is 24.3 Å². The van der Waals surface area contributed by atoms with Gasteiger partial charge in [0.05, 0.1) is 0 Å². The molecule has 2 heterocycles. The Morgan fingerprint density at radius 1 is 1.47 bits per heavy atom. The molecule has 19 heavy (non-hydrogen) atoms. The second-order valence-corrected chi connectivity index (χ2v) is 6.37. The van der Waals surface area contributed by atoms with Gasteiger partial charge >= 0.3 is 0 Å². The van der Waals surface area contributed by atoms with E-state index in [1.807, 2.05) is 11.6 Å². The molecule has 0 amide bonds. The summed E-state index contributed by atoms with van der Waals surface area (Å²) in [7, 11) is 1.96. The Kier molecular flexibility index (Phi) is 2.15. The van der Waals surface area contributed by atoms with E-state index in [0.29, 0.717) is 10.9 Å². The normalized spacial score (nSPS) is 27.2. The van der Waals surface area contributed by atoms with Gasteiger partial charge in [-0.3, -0.25) is 0 Å². The zero-order valence-electron chi connectivity index (χ0n) is 10.4. The summed E-state index contributed by atoms with van der Waals surface area (Å²) in [6.45, 7) is 0.768. The molecule has 0 bridgehead atoms. The van der Waals surface area contributed by atoms with Gasteiger partial charge in [-0.2, -0.15) is 0 Å². The summed E-state index contributed by atoms with van der Waals surface area (Å²) in [4.78, 5) is 0. The van der Waals surface area contributed by atoms with Crippen molar-refractivity contribution in [2.24, 2.45) is 7.05 Å². The number of aromatic nitrogens is 2. The van der Waals surface area contributed by atoms with Gasteiger partial charge in [0.25, 0.3) is 0 Å². The number of hydrogen-bond donors (Lipinski definition) is 0. The summed E-state index contributed by atoms with van der Waals surface area (Å²) in [6, 6.07) is 4.83. The Morgan fingerprint density at radius 2 is 2.26 bits per heavy atom. The Balaban J connectivity index is 1.85. The van der Waals surface area contributed by atoms with Crippen LogP contribution in [0.3, 0.4) is 0 Å². The van der Waals surface area contributed by atoms with E-state index in [4.69, 9.17) is 23.8 Å². The van der Waals surface area contributed by atoms with Crippen LogP contribution in [0, 0.1) is 10.6 Å². The van der Waals surface area contributed by atoms with Crippen molar-refractivity contribution in [1.29, 1.82) is 0 Å². The van der Waals surface area contributed by atoms with E-state index in [9.17, 15) is 4.39 Å². The number of benzene rings is 1. The smallest absolute Gasteiger partial charge is 0.179 e. The summed E-state index contributed by atoms with van der Waals surface area (Å²) >= 11 is 11.4. The third-order valence-corrected chi connectivity index (χ3v) is 5.25. The van der Waals surface area contributed by atoms with Gasteiger partial charge in [-0.25, -0.2) is 4.39 Å². The van der Waals surface area contributed by atoms with Crippen molar-refractivity contribution in [3.05, 3.63) is 51.3 Å². The van der Waals surface area contributed by atoms with Crippen LogP contribution in [0.4, 0.5) is 4.39 Å². The number of nitrogens with zero attached hydrogens (tertiary/aromatic N) is 2. The second-order valence-electron chi connectivity index (χ2n) is 5.57. The summed E-state index contributed by atoms with van der Waals surface area (Å²) < 4.78 is 19.0. The molecule has 0 saturated heterocycles. The fourth-order valence-corrected chi connectivity index (χ4v) is 3.87. The van der Waals surface area contributed by atoms with Crippen LogP contribution < -0.4 is 0 Å². The van der Waals surface area contributed by atoms with Gasteiger partial charge in [-0.15, -0.1) is 0 Å². The highest BCUT2D eigenvalue weighted by Gasteiger charge is 2.62. The van der Waals surface area contributed by atoms with Gasteiger partial charge in [0, 0.05) is 41.8 Å². The maximum absolute atomic E-state index is 14.1. The molecule has 98 valence electrons. The van der Waals surface area contributed by atoms with E-state index in [0.717, 1.165) is 23.3 Å². The molecule has 2 aromatic rings. The number of hydrogen-bond acceptors (Lipinski definition) is 1. The molecule has 0 spiro atoms. The standard InChI is InChI=1S/C14H12ClFN2S/c1-17-6-12-10-5-14(10,7-18(12)13(17)19)9-4-8(15)2-3-11(9)16/h2-4,6,10H,5,7H2,1H3/t10?,14-/m1/s1. The number of aryl methyl sites for hydroxylation is 1. The maximum Gasteiger partial charge on any atom is 0.179 e. The lowest BCUT2D eigenvalue weighted by Crippen LogP contribution is -2.15. The Labute approximate surface area is 120 Å². The SMILES string of the molecule is Cn1cc2n(c1=S)C[C@@]1(c3cc(Cl)ccc3F)CC21. The van der Waals surface area contributed by atoms with Gasteiger partial charge in [0.15, 0.2) is 4.77 Å². The van der Waals surface area contributed by atoms with Crippen LogP contribution >= 0.6 is 23.8 Å². The molecule has 1 fully saturated rings. The van der Waals surface area contributed by atoms with Crippen LogP contribution in [0.5, 0.6) is 0 Å². The predicted molar refractivity (Wildman–Crippen MR) is 74.7 cm³/mol. The minimum absolute atomic E-state index is 0.119. The second kappa shape index (κ2) is 3.49. The largest absolute Gasteiger partial charge is 0.327 e. The molecule has 1 aliphatic carbocycles. The topological polar surface area (TPSA) is 9.86 Å². The molecule has 0 radical (unpaired) electrons. The predicted octanol–water partition coefficient (Wildman–Crippen LogP) is 3.79. The van der Waals surface area contributed by atoms with E-state index in [2.05, 4.69) is 10.8 Å². The third kappa shape index (κ3) is 1.39. The lowest BCUT2D eigenvalue weighted by Gasteiger charge is -2.14. The molecule has 2 aliphatic rings. The minimum atomic E-state index is -0.159. The molecule has 1 aromatic heterocycles. The highest BCUT2D eigenvalue weighted by Crippen LogP contribution is 2.66. The third-order valence-electron chi connectivity index (χ3n) is 4.51. The van der Waals surface area contributed by atoms with Crippen molar-refractivity contribution >= 4 is 23.8 Å². The lowest BCUT2D eigenvalue weighted by atomic mass is 9.94.